The number of carbonyl (C=O) groups excluding carboxylic acids is 1. The van der Waals surface area contributed by atoms with Gasteiger partial charge in [-0.1, -0.05) is 42.1 Å². The number of nitrogens with zero attached hydrogens (tertiary/aromatic N) is 1. The highest BCUT2D eigenvalue weighted by Crippen LogP contribution is 2.43. The molecule has 1 unspecified atom stereocenters. The summed E-state index contributed by atoms with van der Waals surface area (Å²) in [6.07, 6.45) is -4.41. The molecule has 1 atom stereocenters. The number of hydrogen-bond donors (Lipinski definition) is 0. The number of hydrogen-bond acceptors (Lipinski definition) is 3. The van der Waals surface area contributed by atoms with Crippen LogP contribution >= 0.6 is 23.5 Å². The zero-order valence-electron chi connectivity index (χ0n) is 15.1. The van der Waals surface area contributed by atoms with E-state index in [0.29, 0.717) is 11.3 Å². The molecular formula is C22H16F3NOS2. The van der Waals surface area contributed by atoms with E-state index in [9.17, 15) is 18.0 Å². The number of carbonyl (C=O) groups is 1. The van der Waals surface area contributed by atoms with Crippen LogP contribution in [0.5, 0.6) is 0 Å². The lowest BCUT2D eigenvalue weighted by Crippen LogP contribution is -2.27. The summed E-state index contributed by atoms with van der Waals surface area (Å²) in [5, 5.41) is -0.475. The first-order chi connectivity index (χ1) is 13.9. The number of alkyl halides is 3. The van der Waals surface area contributed by atoms with Gasteiger partial charge in [-0.3, -0.25) is 9.69 Å². The van der Waals surface area contributed by atoms with Gasteiger partial charge in [-0.25, -0.2) is 0 Å². The maximum atomic E-state index is 13.1. The molecule has 0 radical (unpaired) electrons. The van der Waals surface area contributed by atoms with Crippen molar-refractivity contribution in [1.29, 1.82) is 0 Å². The molecule has 0 bridgehead atoms. The largest absolute Gasteiger partial charge is 0.416 e. The van der Waals surface area contributed by atoms with Gasteiger partial charge in [-0.2, -0.15) is 13.2 Å². The van der Waals surface area contributed by atoms with Crippen LogP contribution in [-0.4, -0.2) is 11.7 Å². The number of benzene rings is 3. The van der Waals surface area contributed by atoms with Gasteiger partial charge in [0, 0.05) is 15.5 Å². The van der Waals surface area contributed by atoms with Gasteiger partial charge >= 0.3 is 6.18 Å². The van der Waals surface area contributed by atoms with E-state index in [2.05, 4.69) is 0 Å². The molecule has 3 aromatic rings. The molecule has 148 valence electrons. The maximum Gasteiger partial charge on any atom is 0.416 e. The third kappa shape index (κ3) is 4.46. The van der Waals surface area contributed by atoms with E-state index < -0.39 is 17.1 Å². The van der Waals surface area contributed by atoms with E-state index in [1.807, 2.05) is 54.6 Å². The van der Waals surface area contributed by atoms with Crippen LogP contribution in [0.25, 0.3) is 0 Å². The van der Waals surface area contributed by atoms with Crippen molar-refractivity contribution < 1.29 is 18.0 Å². The molecule has 3 aromatic carbocycles. The van der Waals surface area contributed by atoms with E-state index in [1.165, 1.54) is 17.8 Å². The Morgan fingerprint density at radius 1 is 0.897 bits per heavy atom. The molecule has 1 aliphatic heterocycles. The molecule has 0 saturated carbocycles. The summed E-state index contributed by atoms with van der Waals surface area (Å²) in [6, 6.07) is 22.7. The first-order valence-electron chi connectivity index (χ1n) is 8.85. The van der Waals surface area contributed by atoms with Gasteiger partial charge in [0.05, 0.1) is 11.3 Å². The van der Waals surface area contributed by atoms with Crippen LogP contribution in [0.3, 0.4) is 0 Å². The molecule has 4 rings (SSSR count). The van der Waals surface area contributed by atoms with Crippen LogP contribution < -0.4 is 4.90 Å². The second-order valence-electron chi connectivity index (χ2n) is 6.46. The van der Waals surface area contributed by atoms with E-state index in [0.717, 1.165) is 21.9 Å². The Balaban J connectivity index is 1.59. The second-order valence-corrected chi connectivity index (χ2v) is 8.67. The highest BCUT2D eigenvalue weighted by atomic mass is 32.2. The van der Waals surface area contributed by atoms with Crippen molar-refractivity contribution in [2.45, 2.75) is 21.3 Å². The summed E-state index contributed by atoms with van der Waals surface area (Å²) >= 11 is 2.94. The van der Waals surface area contributed by atoms with Crippen LogP contribution in [0.15, 0.2) is 88.7 Å². The van der Waals surface area contributed by atoms with Crippen LogP contribution in [0.2, 0.25) is 0 Å². The lowest BCUT2D eigenvalue weighted by molar-refractivity contribution is -0.137. The smallest absolute Gasteiger partial charge is 0.295 e. The predicted octanol–water partition coefficient (Wildman–Crippen LogP) is 6.64. The molecule has 2 nitrogen and oxygen atoms in total. The molecular weight excluding hydrogens is 415 g/mol. The van der Waals surface area contributed by atoms with Crippen molar-refractivity contribution in [3.05, 3.63) is 90.0 Å². The minimum Gasteiger partial charge on any atom is -0.295 e. The Hall–Kier alpha value is -2.38. The van der Waals surface area contributed by atoms with Crippen LogP contribution in [0, 0.1) is 0 Å². The second kappa shape index (κ2) is 8.16. The monoisotopic (exact) mass is 431 g/mol. The molecule has 1 heterocycles. The van der Waals surface area contributed by atoms with Crippen molar-refractivity contribution in [3.8, 4) is 0 Å². The Kier molecular flexibility index (Phi) is 5.61. The van der Waals surface area contributed by atoms with E-state index >= 15 is 0 Å². The van der Waals surface area contributed by atoms with Crippen LogP contribution in [-0.2, 0) is 11.0 Å². The predicted molar refractivity (Wildman–Crippen MR) is 111 cm³/mol. The van der Waals surface area contributed by atoms with Crippen LogP contribution in [0.4, 0.5) is 18.9 Å². The van der Waals surface area contributed by atoms with Gasteiger partial charge in [0.2, 0.25) is 5.91 Å². The standard InChI is InChI=1S/C22H16F3NOS2/c23-22(24,25)16-6-4-5-15(13-16)21-26(20(27)14-28-21)17-9-11-19(12-10-17)29-18-7-2-1-3-8-18/h1-13,21H,14H2. The zero-order chi connectivity index (χ0) is 20.4. The normalized spacial score (nSPS) is 17.0. The highest BCUT2D eigenvalue weighted by Gasteiger charge is 2.36. The quantitative estimate of drug-likeness (QED) is 0.462. The third-order valence-corrected chi connectivity index (χ3v) is 6.69. The summed E-state index contributed by atoms with van der Waals surface area (Å²) < 4.78 is 39.3. The maximum absolute atomic E-state index is 13.1. The molecule has 0 N–H and O–H groups in total. The van der Waals surface area contributed by atoms with E-state index in [1.54, 1.807) is 22.7 Å². The number of thioether (sulfide) groups is 1. The molecule has 0 aromatic heterocycles. The minimum absolute atomic E-state index is 0.110. The van der Waals surface area contributed by atoms with Gasteiger partial charge in [-0.05, 0) is 54.1 Å². The van der Waals surface area contributed by atoms with Gasteiger partial charge in [-0.15, -0.1) is 11.8 Å². The topological polar surface area (TPSA) is 20.3 Å². The van der Waals surface area contributed by atoms with Crippen molar-refractivity contribution in [1.82, 2.24) is 0 Å². The molecule has 7 heteroatoms. The van der Waals surface area contributed by atoms with Crippen molar-refractivity contribution in [2.24, 2.45) is 0 Å². The number of rotatable bonds is 4. The Labute approximate surface area is 175 Å². The number of halogens is 3. The van der Waals surface area contributed by atoms with Gasteiger partial charge in [0.15, 0.2) is 0 Å². The minimum atomic E-state index is -4.41. The molecule has 1 saturated heterocycles. The first kappa shape index (κ1) is 19.9. The summed E-state index contributed by atoms with van der Waals surface area (Å²) in [7, 11) is 0. The van der Waals surface area contributed by atoms with Crippen molar-refractivity contribution >= 4 is 35.1 Å². The average molecular weight is 432 g/mol. The first-order valence-corrected chi connectivity index (χ1v) is 10.7. The Bertz CT molecular complexity index is 1010. The fourth-order valence-corrected chi connectivity index (χ4v) is 5.12. The fourth-order valence-electron chi connectivity index (χ4n) is 3.12. The SMILES string of the molecule is O=C1CSC(c2cccc(C(F)(F)F)c2)N1c1ccc(Sc2ccccc2)cc1. The number of anilines is 1. The Morgan fingerprint density at radius 3 is 2.28 bits per heavy atom. The Morgan fingerprint density at radius 2 is 1.59 bits per heavy atom. The van der Waals surface area contributed by atoms with Crippen LogP contribution in [0.1, 0.15) is 16.5 Å². The van der Waals surface area contributed by atoms with Gasteiger partial charge in [0.1, 0.15) is 5.37 Å². The van der Waals surface area contributed by atoms with Crippen molar-refractivity contribution in [2.75, 3.05) is 10.7 Å². The van der Waals surface area contributed by atoms with E-state index in [4.69, 9.17) is 0 Å². The van der Waals surface area contributed by atoms with Gasteiger partial charge in [0.25, 0.3) is 0 Å². The average Bonchev–Trinajstić information content (AvgIpc) is 3.10. The fraction of sp³-hybridized carbons (Fsp3) is 0.136. The zero-order valence-corrected chi connectivity index (χ0v) is 16.7. The molecule has 1 fully saturated rings. The third-order valence-electron chi connectivity index (χ3n) is 4.46. The highest BCUT2D eigenvalue weighted by molar-refractivity contribution is 8.00. The van der Waals surface area contributed by atoms with Crippen molar-refractivity contribution in [3.63, 3.8) is 0 Å². The lowest BCUT2D eigenvalue weighted by Gasteiger charge is -2.25. The molecule has 1 amide bonds. The van der Waals surface area contributed by atoms with E-state index in [-0.39, 0.29) is 11.7 Å². The summed E-state index contributed by atoms with van der Waals surface area (Å²) in [6.45, 7) is 0. The molecule has 29 heavy (non-hydrogen) atoms. The molecule has 0 spiro atoms. The number of amides is 1. The summed E-state index contributed by atoms with van der Waals surface area (Å²) in [4.78, 5) is 16.2. The lowest BCUT2D eigenvalue weighted by atomic mass is 10.1. The summed E-state index contributed by atoms with van der Waals surface area (Å²) in [5.74, 6) is 0.127. The summed E-state index contributed by atoms with van der Waals surface area (Å²) in [5.41, 5.74) is 0.447. The molecule has 0 aliphatic carbocycles. The van der Waals surface area contributed by atoms with Gasteiger partial charge < -0.3 is 0 Å². The molecule has 1 aliphatic rings.